The van der Waals surface area contributed by atoms with Gasteiger partial charge in [-0.25, -0.2) is 4.98 Å². The first-order chi connectivity index (χ1) is 7.83. The van der Waals surface area contributed by atoms with Crippen LogP contribution < -0.4 is 4.90 Å². The summed E-state index contributed by atoms with van der Waals surface area (Å²) in [4.78, 5) is 6.27. The summed E-state index contributed by atoms with van der Waals surface area (Å²) in [6.45, 7) is 8.57. The largest absolute Gasteiger partial charge is 0.389 e. The summed E-state index contributed by atoms with van der Waals surface area (Å²) in [5.74, 6) is 0.785. The van der Waals surface area contributed by atoms with Crippen molar-refractivity contribution in [1.82, 2.24) is 4.98 Å². The molecule has 0 bridgehead atoms. The fourth-order valence-electron chi connectivity index (χ4n) is 1.69. The van der Waals surface area contributed by atoms with Gasteiger partial charge in [0.25, 0.3) is 0 Å². The van der Waals surface area contributed by atoms with Crippen molar-refractivity contribution < 1.29 is 10.2 Å². The van der Waals surface area contributed by atoms with E-state index in [2.05, 4.69) is 4.98 Å². The molecular formula is C13H22N2O2. The molecule has 1 aromatic heterocycles. The lowest BCUT2D eigenvalue weighted by Crippen LogP contribution is -2.39. The molecule has 4 nitrogen and oxygen atoms in total. The highest BCUT2D eigenvalue weighted by atomic mass is 16.3. The second-order valence-corrected chi connectivity index (χ2v) is 4.95. The van der Waals surface area contributed by atoms with Gasteiger partial charge in [0.05, 0.1) is 11.7 Å². The van der Waals surface area contributed by atoms with Crippen LogP contribution in [0.2, 0.25) is 0 Å². The molecule has 0 spiro atoms. The minimum absolute atomic E-state index is 0.502. The van der Waals surface area contributed by atoms with Crippen LogP contribution in [0, 0.1) is 0 Å². The summed E-state index contributed by atoms with van der Waals surface area (Å²) in [7, 11) is 0. The lowest BCUT2D eigenvalue weighted by molar-refractivity contribution is 0.0874. The van der Waals surface area contributed by atoms with E-state index in [1.807, 2.05) is 17.9 Å². The van der Waals surface area contributed by atoms with Crippen LogP contribution in [0.3, 0.4) is 0 Å². The van der Waals surface area contributed by atoms with Gasteiger partial charge in [-0.2, -0.15) is 0 Å². The zero-order valence-electron chi connectivity index (χ0n) is 11.0. The number of nitrogens with zero attached hydrogens (tertiary/aromatic N) is 2. The van der Waals surface area contributed by atoms with Crippen molar-refractivity contribution in [3.05, 3.63) is 23.9 Å². The molecule has 4 heteroatoms. The zero-order chi connectivity index (χ0) is 13.1. The SMILES string of the molecule is CCN(CC(C)(C)O)c1cc([C@@H](C)O)ccn1. The first-order valence-electron chi connectivity index (χ1n) is 5.95. The van der Waals surface area contributed by atoms with E-state index in [1.54, 1.807) is 33.0 Å². The number of pyridine rings is 1. The molecule has 1 heterocycles. The highest BCUT2D eigenvalue weighted by Gasteiger charge is 2.18. The van der Waals surface area contributed by atoms with Crippen LogP contribution in [0.25, 0.3) is 0 Å². The van der Waals surface area contributed by atoms with Crippen LogP contribution in [0.4, 0.5) is 5.82 Å². The Balaban J connectivity index is 2.92. The molecule has 0 aliphatic heterocycles. The first-order valence-corrected chi connectivity index (χ1v) is 5.95. The van der Waals surface area contributed by atoms with Crippen molar-refractivity contribution in [2.24, 2.45) is 0 Å². The maximum atomic E-state index is 9.84. The Morgan fingerprint density at radius 1 is 1.47 bits per heavy atom. The third-order valence-electron chi connectivity index (χ3n) is 2.54. The van der Waals surface area contributed by atoms with Crippen molar-refractivity contribution >= 4 is 5.82 Å². The molecule has 96 valence electrons. The van der Waals surface area contributed by atoms with E-state index in [4.69, 9.17) is 0 Å². The fraction of sp³-hybridized carbons (Fsp3) is 0.615. The Morgan fingerprint density at radius 2 is 2.12 bits per heavy atom. The third-order valence-corrected chi connectivity index (χ3v) is 2.54. The van der Waals surface area contributed by atoms with Crippen LogP contribution in [0.15, 0.2) is 18.3 Å². The number of aliphatic hydroxyl groups excluding tert-OH is 1. The summed E-state index contributed by atoms with van der Waals surface area (Å²) in [5.41, 5.74) is 0.0719. The normalized spacial score (nSPS) is 13.5. The number of anilines is 1. The molecule has 17 heavy (non-hydrogen) atoms. The molecule has 0 amide bonds. The molecule has 1 aromatic rings. The molecule has 0 saturated heterocycles. The number of aliphatic hydroxyl groups is 2. The minimum atomic E-state index is -0.765. The number of likely N-dealkylation sites (N-methyl/N-ethyl adjacent to an activating group) is 1. The average Bonchev–Trinajstić information content (AvgIpc) is 2.25. The predicted octanol–water partition coefficient (Wildman–Crippen LogP) is 1.73. The van der Waals surface area contributed by atoms with Crippen molar-refractivity contribution in [1.29, 1.82) is 0 Å². The maximum absolute atomic E-state index is 9.84. The third kappa shape index (κ3) is 4.32. The molecule has 0 radical (unpaired) electrons. The Hall–Kier alpha value is -1.13. The zero-order valence-corrected chi connectivity index (χ0v) is 11.0. The number of aromatic nitrogens is 1. The maximum Gasteiger partial charge on any atom is 0.128 e. The fourth-order valence-corrected chi connectivity index (χ4v) is 1.69. The molecule has 0 fully saturated rings. The van der Waals surface area contributed by atoms with Crippen molar-refractivity contribution in [3.63, 3.8) is 0 Å². The van der Waals surface area contributed by atoms with E-state index in [-0.39, 0.29) is 0 Å². The monoisotopic (exact) mass is 238 g/mol. The lowest BCUT2D eigenvalue weighted by atomic mass is 10.1. The summed E-state index contributed by atoms with van der Waals surface area (Å²) in [6, 6.07) is 3.66. The Bertz CT molecular complexity index is 359. The van der Waals surface area contributed by atoms with Crippen LogP contribution in [-0.4, -0.2) is 33.9 Å². The van der Waals surface area contributed by atoms with Crippen LogP contribution in [-0.2, 0) is 0 Å². The number of hydrogen-bond acceptors (Lipinski definition) is 4. The Morgan fingerprint density at radius 3 is 2.59 bits per heavy atom. The van der Waals surface area contributed by atoms with Crippen LogP contribution >= 0.6 is 0 Å². The van der Waals surface area contributed by atoms with Gasteiger partial charge in [-0.1, -0.05) is 0 Å². The Labute approximate surface area is 103 Å². The second-order valence-electron chi connectivity index (χ2n) is 4.95. The highest BCUT2D eigenvalue weighted by Crippen LogP contribution is 2.19. The molecule has 0 aromatic carbocycles. The molecule has 0 aliphatic carbocycles. The second kappa shape index (κ2) is 5.47. The van der Waals surface area contributed by atoms with Gasteiger partial charge in [0, 0.05) is 19.3 Å². The summed E-state index contributed by atoms with van der Waals surface area (Å²) in [6.07, 6.45) is 1.18. The van der Waals surface area contributed by atoms with Crippen LogP contribution in [0.5, 0.6) is 0 Å². The van der Waals surface area contributed by atoms with E-state index in [0.717, 1.165) is 17.9 Å². The van der Waals surface area contributed by atoms with Gasteiger partial charge in [-0.05, 0) is 45.4 Å². The Kier molecular flexibility index (Phi) is 4.48. The lowest BCUT2D eigenvalue weighted by Gasteiger charge is -2.29. The quantitative estimate of drug-likeness (QED) is 0.820. The van der Waals surface area contributed by atoms with Gasteiger partial charge < -0.3 is 15.1 Å². The van der Waals surface area contributed by atoms with E-state index in [0.29, 0.717) is 6.54 Å². The molecule has 0 unspecified atom stereocenters. The van der Waals surface area contributed by atoms with Gasteiger partial charge in [0.15, 0.2) is 0 Å². The molecule has 1 rings (SSSR count). The van der Waals surface area contributed by atoms with E-state index < -0.39 is 11.7 Å². The summed E-state index contributed by atoms with van der Waals surface area (Å²) >= 11 is 0. The van der Waals surface area contributed by atoms with Crippen molar-refractivity contribution in [2.45, 2.75) is 39.4 Å². The first kappa shape index (κ1) is 13.9. The highest BCUT2D eigenvalue weighted by molar-refractivity contribution is 5.41. The average molecular weight is 238 g/mol. The molecule has 1 atom stereocenters. The number of rotatable bonds is 5. The molecule has 0 aliphatic rings. The van der Waals surface area contributed by atoms with Gasteiger partial charge in [0.1, 0.15) is 5.82 Å². The smallest absolute Gasteiger partial charge is 0.128 e. The topological polar surface area (TPSA) is 56.6 Å². The summed E-state index contributed by atoms with van der Waals surface area (Å²) < 4.78 is 0. The van der Waals surface area contributed by atoms with Crippen molar-refractivity contribution in [2.75, 3.05) is 18.0 Å². The minimum Gasteiger partial charge on any atom is -0.389 e. The molecule has 2 N–H and O–H groups in total. The predicted molar refractivity (Wildman–Crippen MR) is 69.1 cm³/mol. The van der Waals surface area contributed by atoms with E-state index in [9.17, 15) is 10.2 Å². The molecular weight excluding hydrogens is 216 g/mol. The van der Waals surface area contributed by atoms with Crippen molar-refractivity contribution in [3.8, 4) is 0 Å². The van der Waals surface area contributed by atoms with Gasteiger partial charge in [0.2, 0.25) is 0 Å². The van der Waals surface area contributed by atoms with E-state index >= 15 is 0 Å². The summed E-state index contributed by atoms with van der Waals surface area (Å²) in [5, 5.41) is 19.4. The standard InChI is InChI=1S/C13H22N2O2/c1-5-15(9-13(3,4)17)12-8-11(10(2)16)6-7-14-12/h6-8,10,16-17H,5,9H2,1-4H3/t10-/m1/s1. The van der Waals surface area contributed by atoms with Gasteiger partial charge in [-0.15, -0.1) is 0 Å². The van der Waals surface area contributed by atoms with Gasteiger partial charge in [-0.3, -0.25) is 0 Å². The number of hydrogen-bond donors (Lipinski definition) is 2. The van der Waals surface area contributed by atoms with E-state index in [1.165, 1.54) is 0 Å². The van der Waals surface area contributed by atoms with Gasteiger partial charge >= 0.3 is 0 Å². The van der Waals surface area contributed by atoms with Crippen LogP contribution in [0.1, 0.15) is 39.4 Å². The molecule has 0 saturated carbocycles.